The molecule has 5 heteroatoms. The zero-order chi connectivity index (χ0) is 14.8. The molecular weight excluding hydrogens is 254 g/mol. The molecule has 0 unspecified atom stereocenters. The Balaban J connectivity index is 2.14. The van der Waals surface area contributed by atoms with Gasteiger partial charge in [-0.05, 0) is 51.5 Å². The lowest BCUT2D eigenvalue weighted by atomic mass is 10.0. The number of rotatable bonds is 4. The molecule has 5 nitrogen and oxygen atoms in total. The van der Waals surface area contributed by atoms with Crippen LogP contribution in [0.1, 0.15) is 43.4 Å². The first-order chi connectivity index (χ1) is 9.41. The zero-order valence-corrected chi connectivity index (χ0v) is 12.2. The van der Waals surface area contributed by atoms with E-state index in [1.54, 1.807) is 31.2 Å². The van der Waals surface area contributed by atoms with Gasteiger partial charge < -0.3 is 9.84 Å². The van der Waals surface area contributed by atoms with E-state index < -0.39 is 0 Å². The largest absolute Gasteiger partial charge is 0.347 e. The van der Waals surface area contributed by atoms with E-state index in [2.05, 4.69) is 15.5 Å². The molecule has 106 valence electrons. The summed E-state index contributed by atoms with van der Waals surface area (Å²) in [4.78, 5) is 16.3. The molecule has 0 saturated heterocycles. The van der Waals surface area contributed by atoms with Gasteiger partial charge in [-0.25, -0.2) is 0 Å². The summed E-state index contributed by atoms with van der Waals surface area (Å²) >= 11 is 0. The summed E-state index contributed by atoms with van der Waals surface area (Å²) in [7, 11) is 0. The molecule has 0 aliphatic carbocycles. The van der Waals surface area contributed by atoms with E-state index in [0.717, 1.165) is 12.0 Å². The van der Waals surface area contributed by atoms with Crippen molar-refractivity contribution in [2.24, 2.45) is 0 Å². The lowest BCUT2D eigenvalue weighted by Gasteiger charge is -2.24. The van der Waals surface area contributed by atoms with Crippen LogP contribution in [0.4, 0.5) is 0 Å². The average molecular weight is 273 g/mol. The fourth-order valence-corrected chi connectivity index (χ4v) is 1.65. The fourth-order valence-electron chi connectivity index (χ4n) is 1.65. The zero-order valence-electron chi connectivity index (χ0n) is 12.2. The Morgan fingerprint density at radius 1 is 1.30 bits per heavy atom. The molecule has 0 aliphatic rings. The van der Waals surface area contributed by atoms with Crippen LogP contribution in [0.3, 0.4) is 0 Å². The Labute approximate surface area is 118 Å². The fraction of sp³-hybridized carbons (Fsp3) is 0.400. The average Bonchev–Trinajstić information content (AvgIpc) is 2.85. The molecule has 1 heterocycles. The van der Waals surface area contributed by atoms with Crippen LogP contribution in [-0.4, -0.2) is 21.6 Å². The third-order valence-corrected chi connectivity index (χ3v) is 3.26. The van der Waals surface area contributed by atoms with Gasteiger partial charge in [0.05, 0.1) is 0 Å². The van der Waals surface area contributed by atoms with Gasteiger partial charge in [0.15, 0.2) is 5.82 Å². The Kier molecular flexibility index (Phi) is 3.88. The van der Waals surface area contributed by atoms with Gasteiger partial charge in [0.25, 0.3) is 11.8 Å². The lowest BCUT2D eigenvalue weighted by Crippen LogP contribution is -2.42. The van der Waals surface area contributed by atoms with E-state index >= 15 is 0 Å². The number of carbonyl (C=O) groups excluding carboxylic acids is 1. The molecule has 0 atom stereocenters. The van der Waals surface area contributed by atoms with Crippen LogP contribution in [0.2, 0.25) is 0 Å². The maximum Gasteiger partial charge on any atom is 0.257 e. The summed E-state index contributed by atoms with van der Waals surface area (Å²) in [5.41, 5.74) is 1.21. The van der Waals surface area contributed by atoms with E-state index in [-0.39, 0.29) is 11.4 Å². The first-order valence-corrected chi connectivity index (χ1v) is 6.64. The first kappa shape index (κ1) is 14.2. The van der Waals surface area contributed by atoms with E-state index in [9.17, 15) is 4.79 Å². The predicted octanol–water partition coefficient (Wildman–Crippen LogP) is 2.96. The Bertz CT molecular complexity index is 600. The molecule has 0 bridgehead atoms. The van der Waals surface area contributed by atoms with Gasteiger partial charge in [0, 0.05) is 16.7 Å². The van der Waals surface area contributed by atoms with Crippen LogP contribution in [0.25, 0.3) is 11.5 Å². The smallest absolute Gasteiger partial charge is 0.257 e. The van der Waals surface area contributed by atoms with Crippen LogP contribution in [-0.2, 0) is 0 Å². The Morgan fingerprint density at radius 2 is 1.95 bits per heavy atom. The number of aromatic nitrogens is 2. The number of amides is 1. The molecule has 0 spiro atoms. The van der Waals surface area contributed by atoms with Crippen molar-refractivity contribution in [2.75, 3.05) is 0 Å². The quantitative estimate of drug-likeness (QED) is 0.930. The SMILES string of the molecule is CCC(C)(C)NC(=O)c1ccc(-c2nc(C)no2)cc1. The minimum atomic E-state index is -0.209. The predicted molar refractivity (Wildman–Crippen MR) is 76.3 cm³/mol. The maximum atomic E-state index is 12.1. The summed E-state index contributed by atoms with van der Waals surface area (Å²) in [5.74, 6) is 0.972. The molecule has 20 heavy (non-hydrogen) atoms. The number of carbonyl (C=O) groups is 1. The summed E-state index contributed by atoms with van der Waals surface area (Å²) in [5, 5.41) is 6.74. The minimum Gasteiger partial charge on any atom is -0.347 e. The van der Waals surface area contributed by atoms with Crippen LogP contribution in [0.5, 0.6) is 0 Å². The Morgan fingerprint density at radius 3 is 2.45 bits per heavy atom. The van der Waals surface area contributed by atoms with Crippen LogP contribution >= 0.6 is 0 Å². The molecule has 0 fully saturated rings. The lowest BCUT2D eigenvalue weighted by molar-refractivity contribution is 0.0911. The van der Waals surface area contributed by atoms with Gasteiger partial charge in [0.1, 0.15) is 0 Å². The molecule has 1 amide bonds. The van der Waals surface area contributed by atoms with Crippen molar-refractivity contribution >= 4 is 5.91 Å². The van der Waals surface area contributed by atoms with Crippen molar-refractivity contribution in [1.82, 2.24) is 15.5 Å². The van der Waals surface area contributed by atoms with Crippen molar-refractivity contribution in [3.8, 4) is 11.5 Å². The van der Waals surface area contributed by atoms with Crippen molar-refractivity contribution < 1.29 is 9.32 Å². The van der Waals surface area contributed by atoms with E-state index in [1.807, 2.05) is 20.8 Å². The monoisotopic (exact) mass is 273 g/mol. The van der Waals surface area contributed by atoms with Gasteiger partial charge in [-0.1, -0.05) is 12.1 Å². The standard InChI is InChI=1S/C15H19N3O2/c1-5-15(3,4)17-13(19)11-6-8-12(9-7-11)14-16-10(2)18-20-14/h6-9H,5H2,1-4H3,(H,17,19). The summed E-state index contributed by atoms with van der Waals surface area (Å²) < 4.78 is 5.09. The maximum absolute atomic E-state index is 12.1. The highest BCUT2D eigenvalue weighted by atomic mass is 16.5. The van der Waals surface area contributed by atoms with E-state index in [4.69, 9.17) is 4.52 Å². The molecule has 0 radical (unpaired) electrons. The number of hydrogen-bond donors (Lipinski definition) is 1. The topological polar surface area (TPSA) is 68.0 Å². The van der Waals surface area contributed by atoms with Crippen molar-refractivity contribution in [3.05, 3.63) is 35.7 Å². The number of hydrogen-bond acceptors (Lipinski definition) is 4. The second kappa shape index (κ2) is 5.45. The Hall–Kier alpha value is -2.17. The van der Waals surface area contributed by atoms with Crippen LogP contribution in [0.15, 0.2) is 28.8 Å². The first-order valence-electron chi connectivity index (χ1n) is 6.64. The molecule has 1 N–H and O–H groups in total. The minimum absolute atomic E-state index is 0.0786. The molecular formula is C15H19N3O2. The number of nitrogens with one attached hydrogen (secondary N) is 1. The normalized spacial score (nSPS) is 11.4. The van der Waals surface area contributed by atoms with Gasteiger partial charge in [0.2, 0.25) is 0 Å². The number of aryl methyl sites for hydroxylation is 1. The van der Waals surface area contributed by atoms with Crippen molar-refractivity contribution in [3.63, 3.8) is 0 Å². The second-order valence-corrected chi connectivity index (χ2v) is 5.42. The molecule has 0 aliphatic heterocycles. The summed E-state index contributed by atoms with van der Waals surface area (Å²) in [6, 6.07) is 7.13. The van der Waals surface area contributed by atoms with Gasteiger partial charge in [-0.3, -0.25) is 4.79 Å². The number of nitrogens with zero attached hydrogens (tertiary/aromatic N) is 2. The molecule has 1 aromatic heterocycles. The van der Waals surface area contributed by atoms with Crippen molar-refractivity contribution in [1.29, 1.82) is 0 Å². The second-order valence-electron chi connectivity index (χ2n) is 5.42. The highest BCUT2D eigenvalue weighted by Crippen LogP contribution is 2.18. The molecule has 2 aromatic rings. The van der Waals surface area contributed by atoms with Crippen molar-refractivity contribution in [2.45, 2.75) is 39.7 Å². The third kappa shape index (κ3) is 3.23. The summed E-state index contributed by atoms with van der Waals surface area (Å²) in [6.45, 7) is 7.81. The molecule has 0 saturated carbocycles. The van der Waals surface area contributed by atoms with Crippen LogP contribution < -0.4 is 5.32 Å². The van der Waals surface area contributed by atoms with E-state index in [1.165, 1.54) is 0 Å². The number of benzene rings is 1. The highest BCUT2D eigenvalue weighted by Gasteiger charge is 2.18. The summed E-state index contributed by atoms with van der Waals surface area (Å²) in [6.07, 6.45) is 0.873. The van der Waals surface area contributed by atoms with Gasteiger partial charge in [-0.2, -0.15) is 4.98 Å². The van der Waals surface area contributed by atoms with Crippen LogP contribution in [0, 0.1) is 6.92 Å². The highest BCUT2D eigenvalue weighted by molar-refractivity contribution is 5.95. The van der Waals surface area contributed by atoms with Gasteiger partial charge in [-0.15, -0.1) is 0 Å². The van der Waals surface area contributed by atoms with E-state index in [0.29, 0.717) is 17.3 Å². The van der Waals surface area contributed by atoms with Gasteiger partial charge >= 0.3 is 0 Å². The third-order valence-electron chi connectivity index (χ3n) is 3.26. The molecule has 1 aromatic carbocycles. The molecule has 2 rings (SSSR count).